The van der Waals surface area contributed by atoms with Gasteiger partial charge in [0, 0.05) is 0 Å². The zero-order valence-corrected chi connectivity index (χ0v) is 7.40. The molecule has 0 atom stereocenters. The standard InChI is InChI=1S/C9H20N/c1-3-5-7-10(6-4-2)8-9-10/h3-9H2,1-2H3/q+1. The summed E-state index contributed by atoms with van der Waals surface area (Å²) in [5.41, 5.74) is 0. The molecule has 0 aromatic heterocycles. The van der Waals surface area contributed by atoms with Gasteiger partial charge in [0.2, 0.25) is 0 Å². The van der Waals surface area contributed by atoms with Gasteiger partial charge in [0.05, 0.1) is 13.1 Å². The Morgan fingerprint density at radius 1 is 1.00 bits per heavy atom. The molecule has 1 heterocycles. The van der Waals surface area contributed by atoms with E-state index in [1.165, 1.54) is 49.9 Å². The lowest BCUT2D eigenvalue weighted by Gasteiger charge is -2.16. The van der Waals surface area contributed by atoms with Crippen LogP contribution in [0, 0.1) is 0 Å². The fourth-order valence-electron chi connectivity index (χ4n) is 1.67. The zero-order chi connectivity index (χ0) is 7.45. The molecule has 1 saturated heterocycles. The minimum atomic E-state index is 1.36. The molecule has 1 fully saturated rings. The van der Waals surface area contributed by atoms with E-state index in [0.29, 0.717) is 0 Å². The summed E-state index contributed by atoms with van der Waals surface area (Å²) < 4.78 is 1.45. The second-order valence-corrected chi connectivity index (χ2v) is 3.59. The number of rotatable bonds is 5. The number of nitrogens with zero attached hydrogens (tertiary/aromatic N) is 1. The van der Waals surface area contributed by atoms with Gasteiger partial charge in [0.1, 0.15) is 13.1 Å². The van der Waals surface area contributed by atoms with Crippen LogP contribution < -0.4 is 0 Å². The quantitative estimate of drug-likeness (QED) is 0.407. The van der Waals surface area contributed by atoms with E-state index in [0.717, 1.165) is 0 Å². The van der Waals surface area contributed by atoms with E-state index in [1.54, 1.807) is 0 Å². The van der Waals surface area contributed by atoms with Crippen molar-refractivity contribution < 1.29 is 4.48 Å². The monoisotopic (exact) mass is 142 g/mol. The molecule has 60 valence electrons. The van der Waals surface area contributed by atoms with Gasteiger partial charge in [-0.1, -0.05) is 20.3 Å². The Bertz CT molecular complexity index is 94.9. The van der Waals surface area contributed by atoms with Crippen molar-refractivity contribution >= 4 is 0 Å². The van der Waals surface area contributed by atoms with E-state index in [-0.39, 0.29) is 0 Å². The smallest absolute Gasteiger partial charge is 0.129 e. The maximum atomic E-state index is 2.30. The van der Waals surface area contributed by atoms with Gasteiger partial charge in [-0.15, -0.1) is 0 Å². The summed E-state index contributed by atoms with van der Waals surface area (Å²) in [5, 5.41) is 0. The Kier molecular flexibility index (Phi) is 2.72. The van der Waals surface area contributed by atoms with Gasteiger partial charge in [-0.05, 0) is 12.8 Å². The third kappa shape index (κ3) is 1.98. The summed E-state index contributed by atoms with van der Waals surface area (Å²) in [6.07, 6.45) is 4.16. The van der Waals surface area contributed by atoms with Crippen LogP contribution in [-0.4, -0.2) is 30.7 Å². The van der Waals surface area contributed by atoms with Crippen molar-refractivity contribution in [2.24, 2.45) is 0 Å². The van der Waals surface area contributed by atoms with Crippen molar-refractivity contribution in [1.82, 2.24) is 0 Å². The van der Waals surface area contributed by atoms with Crippen LogP contribution in [0.4, 0.5) is 0 Å². The molecule has 1 heteroatoms. The molecule has 0 spiro atoms. The number of quaternary nitrogens is 1. The van der Waals surface area contributed by atoms with Crippen molar-refractivity contribution in [2.45, 2.75) is 33.1 Å². The lowest BCUT2D eigenvalue weighted by Crippen LogP contribution is -2.27. The van der Waals surface area contributed by atoms with Crippen LogP contribution in [0.15, 0.2) is 0 Å². The van der Waals surface area contributed by atoms with Crippen LogP contribution in [0.5, 0.6) is 0 Å². The minimum Gasteiger partial charge on any atom is -0.314 e. The lowest BCUT2D eigenvalue weighted by atomic mass is 10.3. The highest BCUT2D eigenvalue weighted by molar-refractivity contribution is 4.56. The van der Waals surface area contributed by atoms with E-state index >= 15 is 0 Å². The maximum Gasteiger partial charge on any atom is 0.129 e. The SMILES string of the molecule is CCCC[N+]1(CCC)CC1. The Morgan fingerprint density at radius 2 is 1.70 bits per heavy atom. The maximum absolute atomic E-state index is 2.30. The van der Waals surface area contributed by atoms with Crippen LogP contribution in [0.1, 0.15) is 33.1 Å². The van der Waals surface area contributed by atoms with Gasteiger partial charge < -0.3 is 4.48 Å². The van der Waals surface area contributed by atoms with Crippen LogP contribution in [0.2, 0.25) is 0 Å². The van der Waals surface area contributed by atoms with E-state index in [4.69, 9.17) is 0 Å². The largest absolute Gasteiger partial charge is 0.314 e. The Hall–Kier alpha value is -0.0400. The van der Waals surface area contributed by atoms with Crippen LogP contribution in [0.3, 0.4) is 0 Å². The third-order valence-corrected chi connectivity index (χ3v) is 2.54. The van der Waals surface area contributed by atoms with Gasteiger partial charge in [0.15, 0.2) is 0 Å². The van der Waals surface area contributed by atoms with Crippen LogP contribution in [0.25, 0.3) is 0 Å². The van der Waals surface area contributed by atoms with E-state index < -0.39 is 0 Å². The van der Waals surface area contributed by atoms with E-state index in [9.17, 15) is 0 Å². The summed E-state index contributed by atoms with van der Waals surface area (Å²) in [6.45, 7) is 10.4. The molecule has 1 rings (SSSR count). The third-order valence-electron chi connectivity index (χ3n) is 2.54. The molecule has 1 aliphatic heterocycles. The first-order chi connectivity index (χ1) is 4.83. The van der Waals surface area contributed by atoms with Crippen LogP contribution in [-0.2, 0) is 0 Å². The molecule has 0 aromatic rings. The van der Waals surface area contributed by atoms with Crippen LogP contribution >= 0.6 is 0 Å². The Labute approximate surface area is 64.6 Å². The lowest BCUT2D eigenvalue weighted by molar-refractivity contribution is -0.800. The van der Waals surface area contributed by atoms with Gasteiger partial charge in [-0.2, -0.15) is 0 Å². The molecule has 0 amide bonds. The molecule has 0 aromatic carbocycles. The fourth-order valence-corrected chi connectivity index (χ4v) is 1.67. The van der Waals surface area contributed by atoms with Crippen molar-refractivity contribution in [3.8, 4) is 0 Å². The predicted octanol–water partition coefficient (Wildman–Crippen LogP) is 2.03. The summed E-state index contributed by atoms with van der Waals surface area (Å²) in [5.74, 6) is 0. The molecule has 1 nitrogen and oxygen atoms in total. The molecule has 0 N–H and O–H groups in total. The zero-order valence-electron chi connectivity index (χ0n) is 7.40. The molecule has 10 heavy (non-hydrogen) atoms. The second kappa shape index (κ2) is 3.38. The van der Waals surface area contributed by atoms with Crippen molar-refractivity contribution in [1.29, 1.82) is 0 Å². The summed E-state index contributed by atoms with van der Waals surface area (Å²) >= 11 is 0. The highest BCUT2D eigenvalue weighted by atomic mass is 15.5. The fraction of sp³-hybridized carbons (Fsp3) is 1.00. The Morgan fingerprint density at radius 3 is 2.10 bits per heavy atom. The summed E-state index contributed by atoms with van der Waals surface area (Å²) in [6, 6.07) is 0. The molecule has 0 saturated carbocycles. The Balaban J connectivity index is 2.11. The second-order valence-electron chi connectivity index (χ2n) is 3.59. The molecule has 1 aliphatic rings. The van der Waals surface area contributed by atoms with Crippen molar-refractivity contribution in [3.63, 3.8) is 0 Å². The average molecular weight is 142 g/mol. The molecule has 0 bridgehead atoms. The number of unbranched alkanes of at least 4 members (excludes halogenated alkanes) is 1. The molecular formula is C9H20N+. The first kappa shape index (κ1) is 8.06. The van der Waals surface area contributed by atoms with Gasteiger partial charge in [0.25, 0.3) is 0 Å². The summed E-state index contributed by atoms with van der Waals surface area (Å²) in [7, 11) is 0. The predicted molar refractivity (Wildman–Crippen MR) is 44.9 cm³/mol. The number of hydrogen-bond acceptors (Lipinski definition) is 0. The first-order valence-electron chi connectivity index (χ1n) is 4.68. The molecule has 0 aliphatic carbocycles. The molecule has 0 unspecified atom stereocenters. The minimum absolute atomic E-state index is 1.36. The normalized spacial score (nSPS) is 21.0. The van der Waals surface area contributed by atoms with Gasteiger partial charge in [-0.3, -0.25) is 0 Å². The highest BCUT2D eigenvalue weighted by Gasteiger charge is 2.39. The average Bonchev–Trinajstić information content (AvgIpc) is 2.67. The highest BCUT2D eigenvalue weighted by Crippen LogP contribution is 2.22. The van der Waals surface area contributed by atoms with E-state index in [1.807, 2.05) is 0 Å². The molecule has 0 radical (unpaired) electrons. The van der Waals surface area contributed by atoms with E-state index in [2.05, 4.69) is 13.8 Å². The molecular weight excluding hydrogens is 122 g/mol. The first-order valence-corrected chi connectivity index (χ1v) is 4.68. The number of hydrogen-bond donors (Lipinski definition) is 0. The summed E-state index contributed by atoms with van der Waals surface area (Å²) in [4.78, 5) is 0. The van der Waals surface area contributed by atoms with Gasteiger partial charge >= 0.3 is 0 Å². The van der Waals surface area contributed by atoms with Gasteiger partial charge in [-0.25, -0.2) is 0 Å². The topological polar surface area (TPSA) is 0 Å². The van der Waals surface area contributed by atoms with Crippen molar-refractivity contribution in [3.05, 3.63) is 0 Å². The van der Waals surface area contributed by atoms with Crippen molar-refractivity contribution in [2.75, 3.05) is 26.2 Å².